The number of likely N-dealkylation sites (tertiary alicyclic amines) is 1. The van der Waals surface area contributed by atoms with Crippen LogP contribution in [0.2, 0.25) is 0 Å². The Morgan fingerprint density at radius 2 is 1.77 bits per heavy atom. The van der Waals surface area contributed by atoms with Crippen molar-refractivity contribution in [2.45, 2.75) is 38.6 Å². The van der Waals surface area contributed by atoms with E-state index in [9.17, 15) is 4.79 Å². The largest absolute Gasteiger partial charge is 0.497 e. The standard InChI is InChI=1S/C26H28N2O2/c1-19-8-10-20(11-9-19)17-22-5-3-6-24(27-22)25-7-4-16-28(25)26(29)18-21-12-14-23(30-2)15-13-21/h3,5-6,8-15,25H,4,7,16-18H2,1-2H3. The molecule has 1 aliphatic rings. The lowest BCUT2D eigenvalue weighted by Gasteiger charge is -2.25. The second-order valence-electron chi connectivity index (χ2n) is 7.99. The Morgan fingerprint density at radius 1 is 1.03 bits per heavy atom. The third-order valence-corrected chi connectivity index (χ3v) is 5.76. The molecule has 4 rings (SSSR count). The summed E-state index contributed by atoms with van der Waals surface area (Å²) >= 11 is 0. The van der Waals surface area contributed by atoms with Gasteiger partial charge in [0.1, 0.15) is 5.75 Å². The number of carbonyl (C=O) groups is 1. The zero-order valence-corrected chi connectivity index (χ0v) is 17.7. The first-order valence-corrected chi connectivity index (χ1v) is 10.6. The van der Waals surface area contributed by atoms with Crippen LogP contribution in [0.3, 0.4) is 0 Å². The van der Waals surface area contributed by atoms with E-state index in [0.717, 1.165) is 48.5 Å². The van der Waals surface area contributed by atoms with Gasteiger partial charge in [-0.25, -0.2) is 0 Å². The minimum Gasteiger partial charge on any atom is -0.497 e. The number of aryl methyl sites for hydroxylation is 1. The van der Waals surface area contributed by atoms with Gasteiger partial charge in [-0.05, 0) is 55.2 Å². The molecule has 1 amide bonds. The fraction of sp³-hybridized carbons (Fsp3) is 0.308. The van der Waals surface area contributed by atoms with E-state index in [1.807, 2.05) is 29.2 Å². The molecule has 1 aliphatic heterocycles. The maximum atomic E-state index is 13.0. The fourth-order valence-electron chi connectivity index (χ4n) is 4.09. The van der Waals surface area contributed by atoms with Crippen LogP contribution in [0.15, 0.2) is 66.7 Å². The van der Waals surface area contributed by atoms with Crippen molar-refractivity contribution in [3.8, 4) is 5.75 Å². The number of carbonyl (C=O) groups excluding carboxylic acids is 1. The van der Waals surface area contributed by atoms with Crippen molar-refractivity contribution in [3.63, 3.8) is 0 Å². The van der Waals surface area contributed by atoms with Gasteiger partial charge in [-0.3, -0.25) is 9.78 Å². The number of rotatable bonds is 6. The van der Waals surface area contributed by atoms with Crippen molar-refractivity contribution in [2.24, 2.45) is 0 Å². The predicted octanol–water partition coefficient (Wildman–Crippen LogP) is 4.90. The van der Waals surface area contributed by atoms with E-state index in [0.29, 0.717) is 6.42 Å². The molecule has 1 aromatic heterocycles. The van der Waals surface area contributed by atoms with Crippen LogP contribution in [-0.4, -0.2) is 29.4 Å². The van der Waals surface area contributed by atoms with Crippen LogP contribution >= 0.6 is 0 Å². The molecule has 0 bridgehead atoms. The van der Waals surface area contributed by atoms with E-state index in [4.69, 9.17) is 9.72 Å². The van der Waals surface area contributed by atoms with E-state index >= 15 is 0 Å². The van der Waals surface area contributed by atoms with E-state index in [2.05, 4.69) is 49.4 Å². The Labute approximate surface area is 178 Å². The number of methoxy groups -OCH3 is 1. The Kier molecular flexibility index (Phi) is 6.12. The van der Waals surface area contributed by atoms with Crippen molar-refractivity contribution in [2.75, 3.05) is 13.7 Å². The lowest BCUT2D eigenvalue weighted by Crippen LogP contribution is -2.32. The lowest BCUT2D eigenvalue weighted by molar-refractivity contribution is -0.131. The Morgan fingerprint density at radius 3 is 2.50 bits per heavy atom. The zero-order valence-electron chi connectivity index (χ0n) is 17.7. The van der Waals surface area contributed by atoms with E-state index in [1.165, 1.54) is 11.1 Å². The van der Waals surface area contributed by atoms with E-state index < -0.39 is 0 Å². The molecule has 2 aromatic carbocycles. The molecule has 0 aliphatic carbocycles. The van der Waals surface area contributed by atoms with Gasteiger partial charge in [0, 0.05) is 18.7 Å². The van der Waals surface area contributed by atoms with Crippen molar-refractivity contribution in [1.82, 2.24) is 9.88 Å². The summed E-state index contributed by atoms with van der Waals surface area (Å²) in [7, 11) is 1.65. The molecule has 0 spiro atoms. The summed E-state index contributed by atoms with van der Waals surface area (Å²) in [6, 6.07) is 22.6. The molecule has 0 saturated carbocycles. The van der Waals surface area contributed by atoms with Gasteiger partial charge in [0.25, 0.3) is 0 Å². The van der Waals surface area contributed by atoms with Gasteiger partial charge in [-0.2, -0.15) is 0 Å². The highest BCUT2D eigenvalue weighted by molar-refractivity contribution is 5.79. The van der Waals surface area contributed by atoms with Crippen molar-refractivity contribution in [1.29, 1.82) is 0 Å². The molecule has 30 heavy (non-hydrogen) atoms. The van der Waals surface area contributed by atoms with Crippen LogP contribution < -0.4 is 4.74 Å². The van der Waals surface area contributed by atoms with Crippen molar-refractivity contribution in [3.05, 3.63) is 94.8 Å². The van der Waals surface area contributed by atoms with Crippen molar-refractivity contribution >= 4 is 5.91 Å². The maximum Gasteiger partial charge on any atom is 0.227 e. The predicted molar refractivity (Wildman–Crippen MR) is 119 cm³/mol. The summed E-state index contributed by atoms with van der Waals surface area (Å²) in [5, 5.41) is 0. The number of amides is 1. The lowest BCUT2D eigenvalue weighted by atomic mass is 10.1. The molecule has 1 unspecified atom stereocenters. The molecule has 1 fully saturated rings. The first-order valence-electron chi connectivity index (χ1n) is 10.6. The molecular weight excluding hydrogens is 372 g/mol. The van der Waals surface area contributed by atoms with Gasteiger partial charge in [-0.1, -0.05) is 48.0 Å². The van der Waals surface area contributed by atoms with E-state index in [-0.39, 0.29) is 11.9 Å². The van der Waals surface area contributed by atoms with Gasteiger partial charge >= 0.3 is 0 Å². The minimum atomic E-state index is 0.0636. The summed E-state index contributed by atoms with van der Waals surface area (Å²) in [4.78, 5) is 20.0. The molecule has 1 saturated heterocycles. The number of hydrogen-bond donors (Lipinski definition) is 0. The first kappa shape index (κ1) is 20.1. The zero-order chi connectivity index (χ0) is 20.9. The summed E-state index contributed by atoms with van der Waals surface area (Å²) in [5.74, 6) is 0.966. The average molecular weight is 401 g/mol. The minimum absolute atomic E-state index is 0.0636. The highest BCUT2D eigenvalue weighted by atomic mass is 16.5. The van der Waals surface area contributed by atoms with Crippen LogP contribution in [0.25, 0.3) is 0 Å². The molecule has 0 N–H and O–H groups in total. The van der Waals surface area contributed by atoms with Gasteiger partial charge in [0.15, 0.2) is 0 Å². The number of benzene rings is 2. The van der Waals surface area contributed by atoms with Gasteiger partial charge in [0.2, 0.25) is 5.91 Å². The second kappa shape index (κ2) is 9.12. The number of pyridine rings is 1. The third-order valence-electron chi connectivity index (χ3n) is 5.76. The van der Waals surface area contributed by atoms with Crippen LogP contribution in [-0.2, 0) is 17.6 Å². The topological polar surface area (TPSA) is 42.4 Å². The third kappa shape index (κ3) is 4.70. The van der Waals surface area contributed by atoms with E-state index in [1.54, 1.807) is 7.11 Å². The normalized spacial score (nSPS) is 15.9. The number of ether oxygens (including phenoxy) is 1. The molecule has 4 nitrogen and oxygen atoms in total. The Bertz CT molecular complexity index is 996. The van der Waals surface area contributed by atoms with Crippen LogP contribution in [0, 0.1) is 6.92 Å². The first-order chi connectivity index (χ1) is 14.6. The number of aromatic nitrogens is 1. The van der Waals surface area contributed by atoms with Gasteiger partial charge < -0.3 is 9.64 Å². The molecular formula is C26H28N2O2. The van der Waals surface area contributed by atoms with Gasteiger partial charge in [-0.15, -0.1) is 0 Å². The van der Waals surface area contributed by atoms with Crippen LogP contribution in [0.4, 0.5) is 0 Å². The molecule has 154 valence electrons. The van der Waals surface area contributed by atoms with Crippen LogP contribution in [0.5, 0.6) is 5.75 Å². The molecule has 3 aromatic rings. The SMILES string of the molecule is COc1ccc(CC(=O)N2CCCC2c2cccc(Cc3ccc(C)cc3)n2)cc1. The molecule has 4 heteroatoms. The smallest absolute Gasteiger partial charge is 0.227 e. The Hall–Kier alpha value is -3.14. The van der Waals surface area contributed by atoms with Crippen molar-refractivity contribution < 1.29 is 9.53 Å². The number of nitrogens with zero attached hydrogens (tertiary/aromatic N) is 2. The summed E-state index contributed by atoms with van der Waals surface area (Å²) in [6.45, 7) is 2.89. The monoisotopic (exact) mass is 400 g/mol. The fourth-order valence-corrected chi connectivity index (χ4v) is 4.09. The molecule has 0 radical (unpaired) electrons. The maximum absolute atomic E-state index is 13.0. The Balaban J connectivity index is 1.47. The number of hydrogen-bond acceptors (Lipinski definition) is 3. The summed E-state index contributed by atoms with van der Waals surface area (Å²) in [5.41, 5.74) is 5.57. The highest BCUT2D eigenvalue weighted by Crippen LogP contribution is 2.31. The summed E-state index contributed by atoms with van der Waals surface area (Å²) in [6.07, 6.45) is 3.20. The van der Waals surface area contributed by atoms with Crippen LogP contribution in [0.1, 0.15) is 47.0 Å². The molecule has 2 heterocycles. The quantitative estimate of drug-likeness (QED) is 0.591. The van der Waals surface area contributed by atoms with Gasteiger partial charge in [0.05, 0.1) is 25.3 Å². The summed E-state index contributed by atoms with van der Waals surface area (Å²) < 4.78 is 5.20. The highest BCUT2D eigenvalue weighted by Gasteiger charge is 2.30. The molecule has 1 atom stereocenters. The average Bonchev–Trinajstić information content (AvgIpc) is 3.26. The second-order valence-corrected chi connectivity index (χ2v) is 7.99.